The smallest absolute Gasteiger partial charge is 0.290 e. The van der Waals surface area contributed by atoms with Gasteiger partial charge in [0.15, 0.2) is 5.76 Å². The SMILES string of the molecule is O=C(NC1CCCC1CO)C1Cc2ccccc2CN1C(=O)c1ccco1. The quantitative estimate of drug-likeness (QED) is 0.866. The van der Waals surface area contributed by atoms with E-state index >= 15 is 0 Å². The molecule has 0 spiro atoms. The maximum absolute atomic E-state index is 13.1. The van der Waals surface area contributed by atoms with Crippen LogP contribution in [0, 0.1) is 5.92 Å². The third-order valence-electron chi connectivity index (χ3n) is 5.77. The van der Waals surface area contributed by atoms with Crippen molar-refractivity contribution in [3.05, 3.63) is 59.5 Å². The third kappa shape index (κ3) is 3.49. The highest BCUT2D eigenvalue weighted by Crippen LogP contribution is 2.28. The Morgan fingerprint density at radius 1 is 1.15 bits per heavy atom. The van der Waals surface area contributed by atoms with Crippen molar-refractivity contribution in [2.75, 3.05) is 6.61 Å². The fourth-order valence-electron chi connectivity index (χ4n) is 4.24. The average Bonchev–Trinajstić information content (AvgIpc) is 3.38. The molecule has 2 heterocycles. The van der Waals surface area contributed by atoms with Crippen molar-refractivity contribution in [1.29, 1.82) is 0 Å². The summed E-state index contributed by atoms with van der Waals surface area (Å²) in [5, 5.41) is 12.6. The summed E-state index contributed by atoms with van der Waals surface area (Å²) in [6, 6.07) is 10.6. The summed E-state index contributed by atoms with van der Waals surface area (Å²) in [5.41, 5.74) is 2.14. The molecule has 2 aromatic rings. The molecular weight excluding hydrogens is 344 g/mol. The second-order valence-corrected chi connectivity index (χ2v) is 7.39. The highest BCUT2D eigenvalue weighted by atomic mass is 16.3. The molecule has 0 bridgehead atoms. The number of rotatable bonds is 4. The lowest BCUT2D eigenvalue weighted by Crippen LogP contribution is -2.54. The molecule has 0 radical (unpaired) electrons. The Morgan fingerprint density at radius 3 is 2.70 bits per heavy atom. The monoisotopic (exact) mass is 368 g/mol. The molecule has 2 N–H and O–H groups in total. The first-order chi connectivity index (χ1) is 13.2. The number of benzene rings is 1. The van der Waals surface area contributed by atoms with Crippen molar-refractivity contribution in [1.82, 2.24) is 10.2 Å². The second kappa shape index (κ2) is 7.56. The third-order valence-corrected chi connectivity index (χ3v) is 5.77. The van der Waals surface area contributed by atoms with Gasteiger partial charge in [0.25, 0.3) is 5.91 Å². The van der Waals surface area contributed by atoms with Gasteiger partial charge in [0.1, 0.15) is 6.04 Å². The number of hydrogen-bond acceptors (Lipinski definition) is 4. The Balaban J connectivity index is 1.59. The maximum atomic E-state index is 13.1. The molecule has 1 fully saturated rings. The number of hydrogen-bond donors (Lipinski definition) is 2. The molecular formula is C21H24N2O4. The van der Waals surface area contributed by atoms with Gasteiger partial charge < -0.3 is 19.7 Å². The topological polar surface area (TPSA) is 82.8 Å². The van der Waals surface area contributed by atoms with Gasteiger partial charge in [-0.1, -0.05) is 30.7 Å². The van der Waals surface area contributed by atoms with Crippen LogP contribution in [0.15, 0.2) is 47.1 Å². The van der Waals surface area contributed by atoms with Gasteiger partial charge in [-0.2, -0.15) is 0 Å². The van der Waals surface area contributed by atoms with Crippen LogP contribution in [0.2, 0.25) is 0 Å². The fraction of sp³-hybridized carbons (Fsp3) is 0.429. The van der Waals surface area contributed by atoms with Crippen LogP contribution in [-0.4, -0.2) is 40.5 Å². The summed E-state index contributed by atoms with van der Waals surface area (Å²) in [7, 11) is 0. The van der Waals surface area contributed by atoms with Crippen molar-refractivity contribution in [2.24, 2.45) is 5.92 Å². The van der Waals surface area contributed by atoms with Crippen LogP contribution in [0.1, 0.15) is 40.9 Å². The van der Waals surface area contributed by atoms with Gasteiger partial charge >= 0.3 is 0 Å². The molecule has 2 aliphatic rings. The van der Waals surface area contributed by atoms with Gasteiger partial charge in [0.2, 0.25) is 5.91 Å². The molecule has 1 aliphatic heterocycles. The highest BCUT2D eigenvalue weighted by Gasteiger charge is 2.38. The minimum Gasteiger partial charge on any atom is -0.459 e. The molecule has 1 aliphatic carbocycles. The number of aliphatic hydroxyl groups excluding tert-OH is 1. The number of nitrogens with zero attached hydrogens (tertiary/aromatic N) is 1. The number of fused-ring (bicyclic) bond motifs is 1. The number of carbonyl (C=O) groups is 2. The Hall–Kier alpha value is -2.60. The lowest BCUT2D eigenvalue weighted by atomic mass is 9.92. The first-order valence-corrected chi connectivity index (χ1v) is 9.50. The summed E-state index contributed by atoms with van der Waals surface area (Å²) in [4.78, 5) is 27.6. The predicted octanol–water partition coefficient (Wildman–Crippen LogP) is 2.12. The summed E-state index contributed by atoms with van der Waals surface area (Å²) in [5.74, 6) is -0.102. The Morgan fingerprint density at radius 2 is 1.96 bits per heavy atom. The van der Waals surface area contributed by atoms with E-state index in [1.807, 2.05) is 24.3 Å². The van der Waals surface area contributed by atoms with Crippen LogP contribution in [0.3, 0.4) is 0 Å². The molecule has 0 saturated heterocycles. The van der Waals surface area contributed by atoms with E-state index in [0.717, 1.165) is 30.4 Å². The summed E-state index contributed by atoms with van der Waals surface area (Å²) >= 11 is 0. The predicted molar refractivity (Wildman–Crippen MR) is 98.9 cm³/mol. The lowest BCUT2D eigenvalue weighted by molar-refractivity contribution is -0.127. The minimum absolute atomic E-state index is 0.0276. The van der Waals surface area contributed by atoms with Crippen LogP contribution >= 0.6 is 0 Å². The molecule has 1 saturated carbocycles. The van der Waals surface area contributed by atoms with E-state index in [9.17, 15) is 14.7 Å². The van der Waals surface area contributed by atoms with Crippen molar-refractivity contribution in [3.63, 3.8) is 0 Å². The zero-order valence-electron chi connectivity index (χ0n) is 15.1. The van der Waals surface area contributed by atoms with E-state index in [4.69, 9.17) is 4.42 Å². The molecule has 4 rings (SSSR count). The highest BCUT2D eigenvalue weighted by molar-refractivity contribution is 5.96. The number of furan rings is 1. The van der Waals surface area contributed by atoms with Gasteiger partial charge in [-0.3, -0.25) is 9.59 Å². The molecule has 3 atom stereocenters. The molecule has 3 unspecified atom stereocenters. The van der Waals surface area contributed by atoms with Crippen molar-refractivity contribution >= 4 is 11.8 Å². The number of aliphatic hydroxyl groups is 1. The number of nitrogens with one attached hydrogen (secondary N) is 1. The summed E-state index contributed by atoms with van der Waals surface area (Å²) in [6.45, 7) is 0.454. The lowest BCUT2D eigenvalue weighted by Gasteiger charge is -2.36. The Kier molecular flexibility index (Phi) is 4.99. The van der Waals surface area contributed by atoms with Crippen molar-refractivity contribution in [2.45, 2.75) is 44.3 Å². The van der Waals surface area contributed by atoms with Crippen molar-refractivity contribution < 1.29 is 19.1 Å². The van der Waals surface area contributed by atoms with Gasteiger partial charge in [0, 0.05) is 31.5 Å². The molecule has 142 valence electrons. The second-order valence-electron chi connectivity index (χ2n) is 7.39. The molecule has 2 amide bonds. The van der Waals surface area contributed by atoms with Crippen LogP contribution in [-0.2, 0) is 17.8 Å². The largest absolute Gasteiger partial charge is 0.459 e. The standard InChI is InChI=1S/C21H24N2O4/c24-13-16-7-3-8-17(16)22-20(25)18-11-14-5-1-2-6-15(14)12-23(18)21(26)19-9-4-10-27-19/h1-2,4-6,9-10,16-18,24H,3,7-8,11-13H2,(H,22,25). The van der Waals surface area contributed by atoms with E-state index in [1.165, 1.54) is 6.26 Å². The Bertz CT molecular complexity index is 817. The van der Waals surface area contributed by atoms with E-state index < -0.39 is 6.04 Å². The maximum Gasteiger partial charge on any atom is 0.290 e. The zero-order chi connectivity index (χ0) is 18.8. The number of carbonyl (C=O) groups excluding carboxylic acids is 2. The van der Waals surface area contributed by atoms with E-state index in [1.54, 1.807) is 17.0 Å². The first-order valence-electron chi connectivity index (χ1n) is 9.50. The molecule has 6 heteroatoms. The fourth-order valence-corrected chi connectivity index (χ4v) is 4.24. The zero-order valence-corrected chi connectivity index (χ0v) is 15.1. The van der Waals surface area contributed by atoms with E-state index in [0.29, 0.717) is 13.0 Å². The van der Waals surface area contributed by atoms with Gasteiger partial charge in [-0.25, -0.2) is 0 Å². The first kappa shape index (κ1) is 17.8. The molecule has 27 heavy (non-hydrogen) atoms. The molecule has 1 aromatic carbocycles. The minimum atomic E-state index is -0.586. The molecule has 6 nitrogen and oxygen atoms in total. The number of amides is 2. The summed E-state index contributed by atoms with van der Waals surface area (Å²) < 4.78 is 5.28. The van der Waals surface area contributed by atoms with Crippen LogP contribution in [0.5, 0.6) is 0 Å². The van der Waals surface area contributed by atoms with Crippen LogP contribution < -0.4 is 5.32 Å². The summed E-state index contributed by atoms with van der Waals surface area (Å²) in [6.07, 6.45) is 4.73. The van der Waals surface area contributed by atoms with Gasteiger partial charge in [-0.05, 0) is 36.1 Å². The van der Waals surface area contributed by atoms with E-state index in [2.05, 4.69) is 5.32 Å². The molecule has 1 aromatic heterocycles. The van der Waals surface area contributed by atoms with Gasteiger partial charge in [0.05, 0.1) is 6.26 Å². The van der Waals surface area contributed by atoms with Gasteiger partial charge in [-0.15, -0.1) is 0 Å². The Labute approximate surface area is 158 Å². The van der Waals surface area contributed by atoms with Crippen LogP contribution in [0.25, 0.3) is 0 Å². The van der Waals surface area contributed by atoms with E-state index in [-0.39, 0.29) is 36.1 Å². The average molecular weight is 368 g/mol. The van der Waals surface area contributed by atoms with Crippen LogP contribution in [0.4, 0.5) is 0 Å². The van der Waals surface area contributed by atoms with Crippen molar-refractivity contribution in [3.8, 4) is 0 Å². The normalized spacial score (nSPS) is 24.5.